The summed E-state index contributed by atoms with van der Waals surface area (Å²) in [4.78, 5) is 24.3. The van der Waals surface area contributed by atoms with Crippen LogP contribution in [0.25, 0.3) is 11.3 Å². The highest BCUT2D eigenvalue weighted by molar-refractivity contribution is 7.92. The van der Waals surface area contributed by atoms with Gasteiger partial charge in [0.25, 0.3) is 15.9 Å². The molecule has 6 bridgehead atoms. The summed E-state index contributed by atoms with van der Waals surface area (Å²) in [6, 6.07) is 21.7. The summed E-state index contributed by atoms with van der Waals surface area (Å²) in [5.74, 6) is -0.137. The predicted molar refractivity (Wildman–Crippen MR) is 144 cm³/mol. The Hall–Kier alpha value is -4.24. The number of anilines is 1. The largest absolute Gasteiger partial charge is 0.467 e. The Morgan fingerprint density at radius 1 is 0.947 bits per heavy atom. The number of carbonyl (C=O) groups is 1. The van der Waals surface area contributed by atoms with E-state index >= 15 is 0 Å². The van der Waals surface area contributed by atoms with E-state index in [0.29, 0.717) is 24.2 Å². The second-order valence-corrected chi connectivity index (χ2v) is 11.3. The van der Waals surface area contributed by atoms with Gasteiger partial charge in [-0.25, -0.2) is 18.1 Å². The lowest BCUT2D eigenvalue weighted by Crippen LogP contribution is -2.36. The molecule has 2 aliphatic heterocycles. The maximum absolute atomic E-state index is 13.6. The quantitative estimate of drug-likeness (QED) is 0.386. The van der Waals surface area contributed by atoms with Gasteiger partial charge in [-0.3, -0.25) is 4.79 Å². The van der Waals surface area contributed by atoms with E-state index in [2.05, 4.69) is 14.7 Å². The average Bonchev–Trinajstić information content (AvgIpc) is 3.07. The molecule has 4 aromatic rings. The van der Waals surface area contributed by atoms with Gasteiger partial charge >= 0.3 is 0 Å². The normalized spacial score (nSPS) is 18.0. The van der Waals surface area contributed by atoms with Gasteiger partial charge in [0, 0.05) is 23.7 Å². The minimum absolute atomic E-state index is 0.0409. The predicted octanol–water partition coefficient (Wildman–Crippen LogP) is 4.69. The molecule has 1 aromatic heterocycles. The number of nitrogens with one attached hydrogen (secondary N) is 1. The lowest BCUT2D eigenvalue weighted by molar-refractivity contribution is 0.0669. The molecule has 8 nitrogen and oxygen atoms in total. The van der Waals surface area contributed by atoms with Crippen LogP contribution in [0.1, 0.15) is 38.7 Å². The number of carbonyl (C=O) groups excluding carboxylic acids is 1. The van der Waals surface area contributed by atoms with Crippen LogP contribution in [-0.2, 0) is 16.4 Å². The summed E-state index contributed by atoms with van der Waals surface area (Å²) in [5.41, 5.74) is 5.77. The van der Waals surface area contributed by atoms with Crippen LogP contribution in [0.3, 0.4) is 0 Å². The first-order chi connectivity index (χ1) is 18.3. The third-order valence-electron chi connectivity index (χ3n) is 7.05. The van der Waals surface area contributed by atoms with Crippen molar-refractivity contribution in [2.24, 2.45) is 0 Å². The molecule has 1 amide bonds. The van der Waals surface area contributed by atoms with E-state index in [1.165, 1.54) is 12.1 Å². The number of fused-ring (bicyclic) bond motifs is 8. The Morgan fingerprint density at radius 2 is 1.71 bits per heavy atom. The minimum Gasteiger partial charge on any atom is -0.467 e. The van der Waals surface area contributed by atoms with Crippen LogP contribution in [0.5, 0.6) is 5.88 Å². The summed E-state index contributed by atoms with van der Waals surface area (Å²) in [6.45, 7) is 4.73. The molecule has 0 saturated carbocycles. The molecule has 0 saturated heterocycles. The number of ether oxygens (including phenoxy) is 1. The molecule has 0 fully saturated rings. The standard InChI is InChI=1S/C29H26N4O4S/c1-18-7-5-8-19(2)27(18)24-16-26-31-29(30-24)32-38(35,36)22-11-6-10-21(15-22)28(34)33-14-13-20-9-3-4-12-23(20)25(17-33)37-26/h3-12,15-16,25H,13-14,17H2,1-2H3,(H,30,31,32). The summed E-state index contributed by atoms with van der Waals surface area (Å²) >= 11 is 0. The van der Waals surface area contributed by atoms with Crippen molar-refractivity contribution in [3.05, 3.63) is 101 Å². The Balaban J connectivity index is 1.57. The van der Waals surface area contributed by atoms with Gasteiger partial charge < -0.3 is 9.64 Å². The first kappa shape index (κ1) is 24.1. The van der Waals surface area contributed by atoms with Crippen LogP contribution in [-0.4, -0.2) is 42.3 Å². The first-order valence-electron chi connectivity index (χ1n) is 12.4. The van der Waals surface area contributed by atoms with Gasteiger partial charge in [-0.15, -0.1) is 0 Å². The van der Waals surface area contributed by atoms with Crippen molar-refractivity contribution in [3.8, 4) is 17.1 Å². The lowest BCUT2D eigenvalue weighted by Gasteiger charge is -2.26. The Bertz CT molecular complexity index is 1670. The molecule has 0 spiro atoms. The van der Waals surface area contributed by atoms with Crippen LogP contribution in [0.4, 0.5) is 5.95 Å². The molecule has 192 valence electrons. The number of benzene rings is 3. The third kappa shape index (κ3) is 4.39. The van der Waals surface area contributed by atoms with Gasteiger partial charge in [0.1, 0.15) is 6.10 Å². The lowest BCUT2D eigenvalue weighted by atomic mass is 10.00. The highest BCUT2D eigenvalue weighted by atomic mass is 32.2. The summed E-state index contributed by atoms with van der Waals surface area (Å²) in [5, 5.41) is 0. The Morgan fingerprint density at radius 3 is 2.53 bits per heavy atom. The molecular weight excluding hydrogens is 500 g/mol. The molecule has 3 heterocycles. The van der Waals surface area contributed by atoms with Gasteiger partial charge in [0.15, 0.2) is 0 Å². The van der Waals surface area contributed by atoms with Crippen molar-refractivity contribution in [1.82, 2.24) is 14.9 Å². The molecule has 2 aliphatic rings. The maximum Gasteiger partial charge on any atom is 0.264 e. The van der Waals surface area contributed by atoms with Gasteiger partial charge in [-0.1, -0.05) is 48.5 Å². The number of rotatable bonds is 1. The molecule has 0 radical (unpaired) electrons. The van der Waals surface area contributed by atoms with E-state index < -0.39 is 16.1 Å². The number of hydrogen-bond donors (Lipinski definition) is 1. The highest BCUT2D eigenvalue weighted by Gasteiger charge is 2.30. The minimum atomic E-state index is -4.08. The van der Waals surface area contributed by atoms with E-state index in [1.54, 1.807) is 23.1 Å². The first-order valence-corrected chi connectivity index (χ1v) is 13.9. The van der Waals surface area contributed by atoms with Crippen molar-refractivity contribution in [2.45, 2.75) is 31.3 Å². The molecule has 9 heteroatoms. The average molecular weight is 527 g/mol. The number of aryl methyl sites for hydroxylation is 2. The van der Waals surface area contributed by atoms with Crippen LogP contribution in [0.2, 0.25) is 0 Å². The molecule has 1 N–H and O–H groups in total. The third-order valence-corrected chi connectivity index (χ3v) is 8.37. The van der Waals surface area contributed by atoms with Crippen LogP contribution in [0, 0.1) is 13.8 Å². The molecule has 0 aliphatic carbocycles. The van der Waals surface area contributed by atoms with E-state index in [9.17, 15) is 13.2 Å². The summed E-state index contributed by atoms with van der Waals surface area (Å²) in [6.07, 6.45) is 0.149. The van der Waals surface area contributed by atoms with Gasteiger partial charge in [0.05, 0.1) is 17.1 Å². The molecular formula is C29H26N4O4S. The maximum atomic E-state index is 13.6. The van der Waals surface area contributed by atoms with Crippen molar-refractivity contribution in [1.29, 1.82) is 0 Å². The fraction of sp³-hybridized carbons (Fsp3) is 0.207. The van der Waals surface area contributed by atoms with Gasteiger partial charge in [0.2, 0.25) is 11.8 Å². The molecule has 38 heavy (non-hydrogen) atoms. The fourth-order valence-corrected chi connectivity index (χ4v) is 6.18. The SMILES string of the molecule is Cc1cccc(C)c1-c1cc2nc(n1)NS(=O)(=O)c1cccc(c1)C(=O)N1CCc3ccccc3C(C1)O2. The summed E-state index contributed by atoms with van der Waals surface area (Å²) in [7, 11) is -4.08. The monoisotopic (exact) mass is 526 g/mol. The molecule has 1 atom stereocenters. The van der Waals surface area contributed by atoms with Gasteiger partial charge in [-0.2, -0.15) is 4.98 Å². The van der Waals surface area contributed by atoms with Crippen molar-refractivity contribution >= 4 is 21.9 Å². The molecule has 1 unspecified atom stereocenters. The van der Waals surface area contributed by atoms with Crippen molar-refractivity contribution in [2.75, 3.05) is 17.8 Å². The van der Waals surface area contributed by atoms with Gasteiger partial charge in [-0.05, 0) is 60.7 Å². The van der Waals surface area contributed by atoms with E-state index in [1.807, 2.05) is 56.3 Å². The van der Waals surface area contributed by atoms with E-state index in [4.69, 9.17) is 4.74 Å². The molecule has 3 aromatic carbocycles. The smallest absolute Gasteiger partial charge is 0.264 e. The second kappa shape index (κ2) is 9.25. The second-order valence-electron chi connectivity index (χ2n) is 9.62. The van der Waals surface area contributed by atoms with E-state index in [0.717, 1.165) is 27.8 Å². The number of hydrogen-bond acceptors (Lipinski definition) is 6. The molecule has 6 rings (SSSR count). The number of nitrogens with zero attached hydrogens (tertiary/aromatic N) is 3. The number of amides is 1. The van der Waals surface area contributed by atoms with Crippen LogP contribution < -0.4 is 9.46 Å². The van der Waals surface area contributed by atoms with Crippen molar-refractivity contribution < 1.29 is 17.9 Å². The number of aromatic nitrogens is 2. The van der Waals surface area contributed by atoms with Crippen molar-refractivity contribution in [3.63, 3.8) is 0 Å². The zero-order chi connectivity index (χ0) is 26.4. The zero-order valence-electron chi connectivity index (χ0n) is 21.0. The Kier molecular flexibility index (Phi) is 5.87. The zero-order valence-corrected chi connectivity index (χ0v) is 21.8. The topological polar surface area (TPSA) is 101 Å². The van der Waals surface area contributed by atoms with Crippen LogP contribution >= 0.6 is 0 Å². The fourth-order valence-electron chi connectivity index (χ4n) is 5.19. The number of sulfonamides is 1. The highest BCUT2D eigenvalue weighted by Crippen LogP contribution is 2.33. The van der Waals surface area contributed by atoms with E-state index in [-0.39, 0.29) is 29.2 Å². The summed E-state index contributed by atoms with van der Waals surface area (Å²) < 4.78 is 35.7. The Labute approximate surface area is 221 Å². The van der Waals surface area contributed by atoms with Crippen LogP contribution in [0.15, 0.2) is 77.7 Å².